The van der Waals surface area contributed by atoms with Crippen LogP contribution in [0, 0.1) is 17.9 Å². The van der Waals surface area contributed by atoms with Crippen molar-refractivity contribution >= 4 is 58.1 Å². The molecule has 2 fully saturated rings. The number of benzene rings is 2. The minimum Gasteiger partial charge on any atom is -0.490 e. The average Bonchev–Trinajstić information content (AvgIpc) is 3.97. The Bertz CT molecular complexity index is 1950. The summed E-state index contributed by atoms with van der Waals surface area (Å²) in [5.41, 5.74) is 3.77. The molecule has 6 rings (SSSR count). The molecule has 0 saturated carbocycles. The minimum absolute atomic E-state index is 0.00718. The summed E-state index contributed by atoms with van der Waals surface area (Å²) in [6, 6.07) is 16.0. The third kappa shape index (κ3) is 8.81. The predicted molar refractivity (Wildman–Crippen MR) is 199 cm³/mol. The van der Waals surface area contributed by atoms with E-state index in [1.165, 1.54) is 11.8 Å². The molecule has 51 heavy (non-hydrogen) atoms. The summed E-state index contributed by atoms with van der Waals surface area (Å²) in [6.07, 6.45) is 3.70. The average molecular weight is 742 g/mol. The zero-order valence-corrected chi connectivity index (χ0v) is 30.4. The van der Waals surface area contributed by atoms with E-state index in [1.54, 1.807) is 30.4 Å². The molecule has 2 aromatic carbocycles. The highest BCUT2D eigenvalue weighted by atomic mass is 35.5. The largest absolute Gasteiger partial charge is 0.490 e. The van der Waals surface area contributed by atoms with E-state index in [4.69, 9.17) is 37.6 Å². The SMILES string of the molecule is [C-]#[N+]c1c(N2CCCC2)nc(SCc2csc(-c3ccc(Cl)cc3)n2)c(C#N)c1-c1ccc(OCCOC(=O)[C@H](C)NC(=O)[C@@H]2CCCN2)cc1. The van der Waals surface area contributed by atoms with Gasteiger partial charge in [0.15, 0.2) is 0 Å². The first-order chi connectivity index (χ1) is 24.8. The Hall–Kier alpha value is -4.66. The zero-order valence-electron chi connectivity index (χ0n) is 28.0. The van der Waals surface area contributed by atoms with Crippen molar-refractivity contribution in [1.82, 2.24) is 20.6 Å². The van der Waals surface area contributed by atoms with E-state index in [0.717, 1.165) is 61.6 Å². The molecule has 2 atom stereocenters. The molecular formula is C37H36ClN7O4S2. The van der Waals surface area contributed by atoms with Gasteiger partial charge in [0, 0.05) is 40.4 Å². The van der Waals surface area contributed by atoms with E-state index >= 15 is 0 Å². The van der Waals surface area contributed by atoms with Crippen LogP contribution in [0.4, 0.5) is 11.5 Å². The zero-order chi connectivity index (χ0) is 35.7. The van der Waals surface area contributed by atoms with Gasteiger partial charge >= 0.3 is 5.97 Å². The minimum atomic E-state index is -0.771. The summed E-state index contributed by atoms with van der Waals surface area (Å²) in [5.74, 6) is 0.890. The topological polar surface area (TPSA) is 134 Å². The Morgan fingerprint density at radius 2 is 1.88 bits per heavy atom. The number of rotatable bonds is 13. The van der Waals surface area contributed by atoms with Gasteiger partial charge in [0.05, 0.1) is 23.9 Å². The maximum Gasteiger partial charge on any atom is 0.328 e. The lowest BCUT2D eigenvalue weighted by Crippen LogP contribution is -2.47. The van der Waals surface area contributed by atoms with Gasteiger partial charge in [-0.1, -0.05) is 47.6 Å². The fraction of sp³-hybridized carbons (Fsp3) is 0.351. The van der Waals surface area contributed by atoms with Crippen LogP contribution in [0.15, 0.2) is 58.9 Å². The van der Waals surface area contributed by atoms with E-state index in [0.29, 0.717) is 49.7 Å². The summed E-state index contributed by atoms with van der Waals surface area (Å²) < 4.78 is 11.1. The van der Waals surface area contributed by atoms with Crippen LogP contribution in [0.2, 0.25) is 5.02 Å². The third-order valence-corrected chi connectivity index (χ3v) is 10.8. The normalized spacial score (nSPS) is 15.9. The van der Waals surface area contributed by atoms with Crippen LogP contribution in [0.5, 0.6) is 5.75 Å². The van der Waals surface area contributed by atoms with E-state index in [-0.39, 0.29) is 25.2 Å². The first-order valence-corrected chi connectivity index (χ1v) is 19.0. The van der Waals surface area contributed by atoms with Crippen LogP contribution in [0.3, 0.4) is 0 Å². The molecule has 0 bridgehead atoms. The van der Waals surface area contributed by atoms with Gasteiger partial charge in [0.1, 0.15) is 46.9 Å². The highest BCUT2D eigenvalue weighted by Gasteiger charge is 2.27. The summed E-state index contributed by atoms with van der Waals surface area (Å²) >= 11 is 9.04. The van der Waals surface area contributed by atoms with Gasteiger partial charge in [0.25, 0.3) is 0 Å². The van der Waals surface area contributed by atoms with Crippen molar-refractivity contribution in [2.45, 2.75) is 55.5 Å². The summed E-state index contributed by atoms with van der Waals surface area (Å²) in [5, 5.41) is 20.4. The molecule has 4 heterocycles. The van der Waals surface area contributed by atoms with E-state index in [9.17, 15) is 14.9 Å². The Morgan fingerprint density at radius 3 is 2.57 bits per heavy atom. The molecule has 11 nitrogen and oxygen atoms in total. The number of halogens is 1. The number of hydrogen-bond acceptors (Lipinski definition) is 11. The van der Waals surface area contributed by atoms with Gasteiger partial charge in [-0.15, -0.1) is 11.3 Å². The van der Waals surface area contributed by atoms with Crippen molar-refractivity contribution in [2.24, 2.45) is 0 Å². The molecule has 0 unspecified atom stereocenters. The van der Waals surface area contributed by atoms with Crippen LogP contribution < -0.4 is 20.3 Å². The van der Waals surface area contributed by atoms with E-state index in [2.05, 4.69) is 26.4 Å². The molecular weight excluding hydrogens is 706 g/mol. The van der Waals surface area contributed by atoms with Crippen molar-refractivity contribution in [1.29, 1.82) is 5.26 Å². The molecule has 1 amide bonds. The number of ether oxygens (including phenoxy) is 2. The van der Waals surface area contributed by atoms with Gasteiger partial charge in [-0.25, -0.2) is 19.6 Å². The Morgan fingerprint density at radius 1 is 1.14 bits per heavy atom. The van der Waals surface area contributed by atoms with E-state index < -0.39 is 12.0 Å². The van der Waals surface area contributed by atoms with Gasteiger partial charge < -0.3 is 25.0 Å². The fourth-order valence-corrected chi connectivity index (χ4v) is 7.89. The first-order valence-electron chi connectivity index (χ1n) is 16.7. The summed E-state index contributed by atoms with van der Waals surface area (Å²) in [6.45, 7) is 12.2. The molecule has 2 aliphatic rings. The molecule has 0 radical (unpaired) electrons. The molecule has 2 saturated heterocycles. The van der Waals surface area contributed by atoms with Crippen LogP contribution >= 0.6 is 34.7 Å². The standard InChI is InChI=1S/C37H36ClN7O4S2/c1-23(42-34(46)30-6-5-15-41-30)37(47)49-19-18-48-28-13-9-24(10-14-28)31-29(20-39)36(44-33(32(31)40-2)45-16-3-4-17-45)51-22-27-21-50-35(43-27)25-7-11-26(38)12-8-25/h7-14,21,23,30,41H,3-6,15-19,22H2,1H3,(H,42,46)/t23-,30-/m0/s1. The molecule has 2 aromatic heterocycles. The highest BCUT2D eigenvalue weighted by molar-refractivity contribution is 7.98. The van der Waals surface area contributed by atoms with E-state index in [1.807, 2.05) is 41.8 Å². The number of nitriles is 1. The predicted octanol–water partition coefficient (Wildman–Crippen LogP) is 7.02. The molecule has 262 valence electrons. The second-order valence-corrected chi connectivity index (χ2v) is 14.4. The molecule has 2 aliphatic heterocycles. The quantitative estimate of drug-likeness (QED) is 0.0638. The van der Waals surface area contributed by atoms with Crippen molar-refractivity contribution in [2.75, 3.05) is 37.7 Å². The van der Waals surface area contributed by atoms with Crippen molar-refractivity contribution in [3.05, 3.63) is 81.6 Å². The number of amides is 1. The number of carbonyl (C=O) groups is 2. The van der Waals surface area contributed by atoms with Crippen molar-refractivity contribution < 1.29 is 19.1 Å². The molecule has 2 N–H and O–H groups in total. The number of esters is 1. The van der Waals surface area contributed by atoms with Gasteiger partial charge in [-0.05, 0) is 69.0 Å². The second kappa shape index (κ2) is 17.0. The fourth-order valence-electron chi connectivity index (χ4n) is 5.95. The third-order valence-electron chi connectivity index (χ3n) is 8.58. The number of carbonyl (C=O) groups excluding carboxylic acids is 2. The van der Waals surface area contributed by atoms with Crippen molar-refractivity contribution in [3.63, 3.8) is 0 Å². The lowest BCUT2D eigenvalue weighted by Gasteiger charge is -2.22. The summed E-state index contributed by atoms with van der Waals surface area (Å²) in [7, 11) is 0. The lowest BCUT2D eigenvalue weighted by atomic mass is 9.99. The van der Waals surface area contributed by atoms with Gasteiger partial charge in [0.2, 0.25) is 11.6 Å². The molecule has 0 aliphatic carbocycles. The Kier molecular flexibility index (Phi) is 12.1. The number of anilines is 1. The number of pyridine rings is 1. The maximum atomic E-state index is 12.4. The molecule has 0 spiro atoms. The van der Waals surface area contributed by atoms with Crippen LogP contribution in [0.25, 0.3) is 26.5 Å². The molecule has 14 heteroatoms. The highest BCUT2D eigenvalue weighted by Crippen LogP contribution is 2.45. The van der Waals surface area contributed by atoms with Crippen LogP contribution in [-0.2, 0) is 20.1 Å². The second-order valence-electron chi connectivity index (χ2n) is 12.1. The number of thioether (sulfide) groups is 1. The first kappa shape index (κ1) is 36.1. The Balaban J connectivity index is 1.15. The summed E-state index contributed by atoms with van der Waals surface area (Å²) in [4.78, 5) is 40.4. The number of thiazole rings is 1. The molecule has 4 aromatic rings. The number of nitrogens with one attached hydrogen (secondary N) is 2. The van der Waals surface area contributed by atoms with Crippen LogP contribution in [-0.4, -0.2) is 66.8 Å². The maximum absolute atomic E-state index is 12.4. The number of hydrogen-bond donors (Lipinski definition) is 2. The van der Waals surface area contributed by atoms with Crippen LogP contribution in [0.1, 0.15) is 43.9 Å². The van der Waals surface area contributed by atoms with Crippen molar-refractivity contribution in [3.8, 4) is 33.5 Å². The smallest absolute Gasteiger partial charge is 0.328 e. The lowest BCUT2D eigenvalue weighted by molar-refractivity contribution is -0.148. The Labute approximate surface area is 310 Å². The number of nitrogens with zero attached hydrogens (tertiary/aromatic N) is 5. The van der Waals surface area contributed by atoms with Gasteiger partial charge in [-0.3, -0.25) is 4.79 Å². The number of aromatic nitrogens is 2. The van der Waals surface area contributed by atoms with Gasteiger partial charge in [-0.2, -0.15) is 5.26 Å². The monoisotopic (exact) mass is 741 g/mol.